The third-order valence-corrected chi connectivity index (χ3v) is 3.85. The van der Waals surface area contributed by atoms with Gasteiger partial charge in [0.15, 0.2) is 0 Å². The Morgan fingerprint density at radius 3 is 2.84 bits per heavy atom. The van der Waals surface area contributed by atoms with Crippen LogP contribution in [0.15, 0.2) is 17.6 Å². The second-order valence-corrected chi connectivity index (χ2v) is 5.02. The standard InChI is InChI=1S/C13H13FN2O2S/c1-7(15-5-17)9-3-11(14)10(4-12(9)18)13-8(2)16-6-19-13/h3-7,18H,1-2H3,(H,15,17)/t7-/m0/s1. The molecule has 0 aliphatic rings. The van der Waals surface area contributed by atoms with Crippen molar-refractivity contribution >= 4 is 17.7 Å². The normalized spacial score (nSPS) is 12.2. The molecule has 0 fully saturated rings. The molecule has 2 aromatic rings. The molecule has 0 bridgehead atoms. The number of carbonyl (C=O) groups excluding carboxylic acids is 1. The first-order valence-corrected chi connectivity index (χ1v) is 6.55. The van der Waals surface area contributed by atoms with Crippen LogP contribution in [-0.2, 0) is 4.79 Å². The minimum Gasteiger partial charge on any atom is -0.508 e. The molecule has 0 aliphatic carbocycles. The zero-order valence-corrected chi connectivity index (χ0v) is 11.3. The molecular weight excluding hydrogens is 267 g/mol. The van der Waals surface area contributed by atoms with Gasteiger partial charge in [0.25, 0.3) is 0 Å². The number of nitrogens with one attached hydrogen (secondary N) is 1. The fourth-order valence-corrected chi connectivity index (χ4v) is 2.67. The van der Waals surface area contributed by atoms with E-state index in [-0.39, 0.29) is 5.75 Å². The second-order valence-electron chi connectivity index (χ2n) is 4.16. The predicted molar refractivity (Wildman–Crippen MR) is 71.5 cm³/mol. The van der Waals surface area contributed by atoms with E-state index < -0.39 is 11.9 Å². The van der Waals surface area contributed by atoms with E-state index in [1.165, 1.54) is 23.5 Å². The zero-order chi connectivity index (χ0) is 14.0. The van der Waals surface area contributed by atoms with Gasteiger partial charge in [0.2, 0.25) is 6.41 Å². The molecule has 4 nitrogen and oxygen atoms in total. The van der Waals surface area contributed by atoms with E-state index in [2.05, 4.69) is 10.3 Å². The summed E-state index contributed by atoms with van der Waals surface area (Å²) in [5, 5.41) is 12.4. The number of nitrogens with zero attached hydrogens (tertiary/aromatic N) is 1. The van der Waals surface area contributed by atoms with Crippen molar-refractivity contribution in [3.8, 4) is 16.2 Å². The summed E-state index contributed by atoms with van der Waals surface area (Å²) in [6, 6.07) is 2.16. The monoisotopic (exact) mass is 280 g/mol. The maximum atomic E-state index is 14.1. The van der Waals surface area contributed by atoms with Gasteiger partial charge in [-0.05, 0) is 26.0 Å². The Morgan fingerprint density at radius 1 is 1.53 bits per heavy atom. The van der Waals surface area contributed by atoms with Crippen molar-refractivity contribution in [2.75, 3.05) is 0 Å². The van der Waals surface area contributed by atoms with Crippen LogP contribution in [-0.4, -0.2) is 16.5 Å². The number of aromatic nitrogens is 1. The van der Waals surface area contributed by atoms with E-state index in [1.54, 1.807) is 19.4 Å². The number of hydrogen-bond donors (Lipinski definition) is 2. The number of benzene rings is 1. The van der Waals surface area contributed by atoms with E-state index in [1.807, 2.05) is 0 Å². The molecule has 1 aromatic carbocycles. The summed E-state index contributed by atoms with van der Waals surface area (Å²) in [7, 11) is 0. The molecule has 2 rings (SSSR count). The lowest BCUT2D eigenvalue weighted by molar-refractivity contribution is -0.110. The number of rotatable bonds is 4. The number of aryl methyl sites for hydroxylation is 1. The Balaban J connectivity index is 2.48. The minimum absolute atomic E-state index is 0.0500. The molecule has 2 N–H and O–H groups in total. The van der Waals surface area contributed by atoms with Crippen LogP contribution >= 0.6 is 11.3 Å². The Bertz CT molecular complexity index is 613. The quantitative estimate of drug-likeness (QED) is 0.846. The summed E-state index contributed by atoms with van der Waals surface area (Å²) < 4.78 is 14.1. The van der Waals surface area contributed by atoms with Gasteiger partial charge >= 0.3 is 0 Å². The molecule has 6 heteroatoms. The molecule has 19 heavy (non-hydrogen) atoms. The van der Waals surface area contributed by atoms with Crippen LogP contribution in [0.5, 0.6) is 5.75 Å². The van der Waals surface area contributed by atoms with Crippen molar-refractivity contribution in [2.45, 2.75) is 19.9 Å². The first-order valence-electron chi connectivity index (χ1n) is 5.67. The van der Waals surface area contributed by atoms with Gasteiger partial charge in [-0.2, -0.15) is 0 Å². The largest absolute Gasteiger partial charge is 0.508 e. The molecule has 0 unspecified atom stereocenters. The molecular formula is C13H13FN2O2S. The van der Waals surface area contributed by atoms with Gasteiger partial charge in [-0.25, -0.2) is 9.37 Å². The van der Waals surface area contributed by atoms with Gasteiger partial charge in [0, 0.05) is 11.1 Å². The third-order valence-electron chi connectivity index (χ3n) is 2.89. The number of thiazole rings is 1. The molecule has 100 valence electrons. The Morgan fingerprint density at radius 2 is 2.26 bits per heavy atom. The van der Waals surface area contributed by atoms with Crippen LogP contribution in [0.3, 0.4) is 0 Å². The summed E-state index contributed by atoms with van der Waals surface area (Å²) in [6.45, 7) is 3.45. The van der Waals surface area contributed by atoms with Crippen molar-refractivity contribution in [3.05, 3.63) is 34.7 Å². The number of halogens is 1. The van der Waals surface area contributed by atoms with Crippen molar-refractivity contribution in [2.24, 2.45) is 0 Å². The Hall–Kier alpha value is -1.95. The van der Waals surface area contributed by atoms with Gasteiger partial charge in [-0.3, -0.25) is 4.79 Å². The zero-order valence-electron chi connectivity index (χ0n) is 10.5. The molecule has 0 saturated heterocycles. The number of hydrogen-bond acceptors (Lipinski definition) is 4. The van der Waals surface area contributed by atoms with Crippen molar-refractivity contribution < 1.29 is 14.3 Å². The lowest BCUT2D eigenvalue weighted by Gasteiger charge is -2.14. The summed E-state index contributed by atoms with van der Waals surface area (Å²) in [4.78, 5) is 15.1. The maximum absolute atomic E-state index is 14.1. The number of amides is 1. The Labute approximate surface area is 113 Å². The van der Waals surface area contributed by atoms with Gasteiger partial charge in [0.05, 0.1) is 22.1 Å². The summed E-state index contributed by atoms with van der Waals surface area (Å²) in [5.74, 6) is -0.495. The van der Waals surface area contributed by atoms with E-state index >= 15 is 0 Å². The number of aromatic hydroxyl groups is 1. The van der Waals surface area contributed by atoms with E-state index in [4.69, 9.17) is 0 Å². The fourth-order valence-electron chi connectivity index (χ4n) is 1.85. The average molecular weight is 280 g/mol. The molecule has 0 spiro atoms. The van der Waals surface area contributed by atoms with Gasteiger partial charge in [0.1, 0.15) is 11.6 Å². The molecule has 0 radical (unpaired) electrons. The summed E-state index contributed by atoms with van der Waals surface area (Å²) in [5.41, 5.74) is 3.01. The summed E-state index contributed by atoms with van der Waals surface area (Å²) >= 11 is 1.32. The van der Waals surface area contributed by atoms with E-state index in [0.717, 1.165) is 5.69 Å². The first-order chi connectivity index (χ1) is 9.04. The van der Waals surface area contributed by atoms with Gasteiger partial charge in [-0.1, -0.05) is 0 Å². The van der Waals surface area contributed by atoms with Crippen LogP contribution in [0.2, 0.25) is 0 Å². The SMILES string of the molecule is Cc1ncsc1-c1cc(O)c([C@H](C)NC=O)cc1F. The van der Waals surface area contributed by atoms with E-state index in [0.29, 0.717) is 22.4 Å². The molecule has 1 heterocycles. The highest BCUT2D eigenvalue weighted by molar-refractivity contribution is 7.13. The number of phenolic OH excluding ortho intramolecular Hbond substituents is 1. The molecule has 1 atom stereocenters. The van der Waals surface area contributed by atoms with Crippen LogP contribution in [0, 0.1) is 12.7 Å². The first kappa shape index (κ1) is 13.5. The molecule has 0 aliphatic heterocycles. The molecule has 0 saturated carbocycles. The maximum Gasteiger partial charge on any atom is 0.207 e. The fraction of sp³-hybridized carbons (Fsp3) is 0.231. The average Bonchev–Trinajstić information content (AvgIpc) is 2.78. The second kappa shape index (κ2) is 5.36. The highest BCUT2D eigenvalue weighted by Gasteiger charge is 2.17. The topological polar surface area (TPSA) is 62.2 Å². The van der Waals surface area contributed by atoms with Crippen LogP contribution < -0.4 is 5.32 Å². The van der Waals surface area contributed by atoms with Crippen molar-refractivity contribution in [1.82, 2.24) is 10.3 Å². The van der Waals surface area contributed by atoms with Crippen LogP contribution in [0.4, 0.5) is 4.39 Å². The minimum atomic E-state index is -0.455. The lowest BCUT2D eigenvalue weighted by atomic mass is 10.0. The van der Waals surface area contributed by atoms with Gasteiger partial charge < -0.3 is 10.4 Å². The predicted octanol–water partition coefficient (Wildman–Crippen LogP) is 2.77. The highest BCUT2D eigenvalue weighted by atomic mass is 32.1. The van der Waals surface area contributed by atoms with Gasteiger partial charge in [-0.15, -0.1) is 11.3 Å². The summed E-state index contributed by atoms with van der Waals surface area (Å²) in [6.07, 6.45) is 0.517. The lowest BCUT2D eigenvalue weighted by Crippen LogP contribution is -2.16. The molecule has 1 amide bonds. The third kappa shape index (κ3) is 2.58. The van der Waals surface area contributed by atoms with Crippen LogP contribution in [0.25, 0.3) is 10.4 Å². The Kier molecular flexibility index (Phi) is 3.80. The molecule has 1 aromatic heterocycles. The highest BCUT2D eigenvalue weighted by Crippen LogP contribution is 2.35. The van der Waals surface area contributed by atoms with Crippen LogP contribution in [0.1, 0.15) is 24.2 Å². The van der Waals surface area contributed by atoms with Crippen molar-refractivity contribution in [1.29, 1.82) is 0 Å². The number of phenols is 1. The smallest absolute Gasteiger partial charge is 0.207 e. The van der Waals surface area contributed by atoms with Crippen molar-refractivity contribution in [3.63, 3.8) is 0 Å². The van der Waals surface area contributed by atoms with E-state index in [9.17, 15) is 14.3 Å². The number of carbonyl (C=O) groups is 1.